The van der Waals surface area contributed by atoms with E-state index in [-0.39, 0.29) is 5.82 Å². The number of hydrogen-bond donors (Lipinski definition) is 2. The molecule has 2 N–H and O–H groups in total. The van der Waals surface area contributed by atoms with Crippen molar-refractivity contribution < 1.29 is 4.39 Å². The Bertz CT molecular complexity index is 658. The molecule has 0 fully saturated rings. The monoisotopic (exact) mass is 366 g/mol. The van der Waals surface area contributed by atoms with E-state index >= 15 is 0 Å². The van der Waals surface area contributed by atoms with E-state index in [2.05, 4.69) is 27.5 Å². The SMILES string of the molecule is CCc1cnc(CNC(=NC)NCCSCc2ccccc2F)s1. The van der Waals surface area contributed by atoms with Crippen LogP contribution in [0.1, 0.15) is 22.4 Å². The fraction of sp³-hybridized carbons (Fsp3) is 0.412. The zero-order chi connectivity index (χ0) is 17.2. The molecule has 1 aromatic heterocycles. The number of halogens is 1. The maximum Gasteiger partial charge on any atom is 0.191 e. The van der Waals surface area contributed by atoms with Crippen molar-refractivity contribution in [1.82, 2.24) is 15.6 Å². The predicted octanol–water partition coefficient (Wildman–Crippen LogP) is 3.44. The summed E-state index contributed by atoms with van der Waals surface area (Å²) < 4.78 is 13.5. The summed E-state index contributed by atoms with van der Waals surface area (Å²) in [6, 6.07) is 6.91. The van der Waals surface area contributed by atoms with E-state index in [1.54, 1.807) is 36.2 Å². The van der Waals surface area contributed by atoms with E-state index in [1.807, 2.05) is 18.3 Å². The smallest absolute Gasteiger partial charge is 0.191 e. The Kier molecular flexibility index (Phi) is 8.04. The first-order chi connectivity index (χ1) is 11.7. The van der Waals surface area contributed by atoms with Gasteiger partial charge in [-0.25, -0.2) is 9.37 Å². The van der Waals surface area contributed by atoms with Crippen LogP contribution < -0.4 is 10.6 Å². The summed E-state index contributed by atoms with van der Waals surface area (Å²) in [6.07, 6.45) is 2.95. The Morgan fingerprint density at radius 3 is 2.88 bits per heavy atom. The van der Waals surface area contributed by atoms with Crippen molar-refractivity contribution in [2.45, 2.75) is 25.6 Å². The Morgan fingerprint density at radius 1 is 1.33 bits per heavy atom. The second-order valence-electron chi connectivity index (χ2n) is 5.07. The molecule has 0 unspecified atom stereocenters. The molecular weight excluding hydrogens is 343 g/mol. The van der Waals surface area contributed by atoms with Gasteiger partial charge in [-0.2, -0.15) is 11.8 Å². The zero-order valence-corrected chi connectivity index (χ0v) is 15.6. The molecule has 0 saturated heterocycles. The quantitative estimate of drug-likeness (QED) is 0.427. The molecule has 24 heavy (non-hydrogen) atoms. The molecule has 0 aliphatic rings. The number of guanidine groups is 1. The fourth-order valence-electron chi connectivity index (χ4n) is 2.01. The Balaban J connectivity index is 1.64. The minimum atomic E-state index is -0.134. The number of aliphatic imine (C=N–C) groups is 1. The number of nitrogens with zero attached hydrogens (tertiary/aromatic N) is 2. The molecule has 0 spiro atoms. The first-order valence-corrected chi connectivity index (χ1v) is 9.89. The third kappa shape index (κ3) is 6.13. The van der Waals surface area contributed by atoms with E-state index in [1.165, 1.54) is 10.9 Å². The summed E-state index contributed by atoms with van der Waals surface area (Å²) in [7, 11) is 1.75. The maximum atomic E-state index is 13.5. The second kappa shape index (κ2) is 10.3. The summed E-state index contributed by atoms with van der Waals surface area (Å²) >= 11 is 3.42. The second-order valence-corrected chi connectivity index (χ2v) is 7.38. The Labute approximate surface area is 151 Å². The summed E-state index contributed by atoms with van der Waals surface area (Å²) in [5, 5.41) is 7.58. The lowest BCUT2D eigenvalue weighted by Gasteiger charge is -2.10. The lowest BCUT2D eigenvalue weighted by molar-refractivity contribution is 0.617. The van der Waals surface area contributed by atoms with Crippen LogP contribution in [-0.4, -0.2) is 30.3 Å². The third-order valence-electron chi connectivity index (χ3n) is 3.33. The molecule has 0 atom stereocenters. The molecule has 0 radical (unpaired) electrons. The van der Waals surface area contributed by atoms with Gasteiger partial charge in [0.15, 0.2) is 5.96 Å². The van der Waals surface area contributed by atoms with E-state index < -0.39 is 0 Å². The van der Waals surface area contributed by atoms with Crippen LogP contribution in [0, 0.1) is 5.82 Å². The Hall–Kier alpha value is -1.60. The van der Waals surface area contributed by atoms with Gasteiger partial charge in [-0.1, -0.05) is 25.1 Å². The van der Waals surface area contributed by atoms with Gasteiger partial charge in [0.25, 0.3) is 0 Å². The van der Waals surface area contributed by atoms with Crippen molar-refractivity contribution in [2.24, 2.45) is 4.99 Å². The van der Waals surface area contributed by atoms with Crippen LogP contribution in [0.5, 0.6) is 0 Å². The molecule has 2 rings (SSSR count). The molecule has 0 aliphatic carbocycles. The number of aryl methyl sites for hydroxylation is 1. The van der Waals surface area contributed by atoms with Gasteiger partial charge in [-0.15, -0.1) is 11.3 Å². The van der Waals surface area contributed by atoms with Crippen molar-refractivity contribution in [2.75, 3.05) is 19.3 Å². The number of hydrogen-bond acceptors (Lipinski definition) is 4. The number of rotatable bonds is 8. The molecule has 4 nitrogen and oxygen atoms in total. The maximum absolute atomic E-state index is 13.5. The van der Waals surface area contributed by atoms with Crippen molar-refractivity contribution in [3.63, 3.8) is 0 Å². The largest absolute Gasteiger partial charge is 0.356 e. The molecule has 1 aromatic carbocycles. The van der Waals surface area contributed by atoms with Gasteiger partial charge in [-0.05, 0) is 18.1 Å². The van der Waals surface area contributed by atoms with E-state index in [9.17, 15) is 4.39 Å². The van der Waals surface area contributed by atoms with Crippen LogP contribution in [0.2, 0.25) is 0 Å². The van der Waals surface area contributed by atoms with Gasteiger partial charge in [-0.3, -0.25) is 4.99 Å². The van der Waals surface area contributed by atoms with Crippen molar-refractivity contribution in [1.29, 1.82) is 0 Å². The minimum absolute atomic E-state index is 0.134. The highest BCUT2D eigenvalue weighted by Crippen LogP contribution is 2.15. The molecule has 0 aliphatic heterocycles. The van der Waals surface area contributed by atoms with Crippen LogP contribution in [0.4, 0.5) is 4.39 Å². The standard InChI is InChI=1S/C17H23FN4S2/c1-3-14-10-21-16(24-14)11-22-17(19-2)20-8-9-23-12-13-6-4-5-7-15(13)18/h4-7,10H,3,8-9,11-12H2,1-2H3,(H2,19,20,22). The molecule has 130 valence electrons. The van der Waals surface area contributed by atoms with Crippen molar-refractivity contribution in [3.8, 4) is 0 Å². The van der Waals surface area contributed by atoms with Gasteiger partial charge in [0.05, 0.1) is 6.54 Å². The van der Waals surface area contributed by atoms with Gasteiger partial charge in [0, 0.05) is 36.2 Å². The fourth-order valence-corrected chi connectivity index (χ4v) is 3.66. The van der Waals surface area contributed by atoms with Gasteiger partial charge >= 0.3 is 0 Å². The number of thioether (sulfide) groups is 1. The summed E-state index contributed by atoms with van der Waals surface area (Å²) in [5.41, 5.74) is 0.750. The normalized spacial score (nSPS) is 11.5. The lowest BCUT2D eigenvalue weighted by Crippen LogP contribution is -2.37. The van der Waals surface area contributed by atoms with Gasteiger partial charge in [0.1, 0.15) is 10.8 Å². The number of benzene rings is 1. The van der Waals surface area contributed by atoms with E-state index in [0.717, 1.165) is 35.2 Å². The average molecular weight is 367 g/mol. The first-order valence-electron chi connectivity index (χ1n) is 7.92. The summed E-state index contributed by atoms with van der Waals surface area (Å²) in [4.78, 5) is 9.87. The number of nitrogens with one attached hydrogen (secondary N) is 2. The molecule has 0 amide bonds. The number of aromatic nitrogens is 1. The van der Waals surface area contributed by atoms with Crippen LogP contribution in [-0.2, 0) is 18.7 Å². The topological polar surface area (TPSA) is 49.3 Å². The van der Waals surface area contributed by atoms with Crippen molar-refractivity contribution in [3.05, 3.63) is 51.7 Å². The molecular formula is C17H23FN4S2. The first kappa shape index (κ1) is 18.7. The highest BCUT2D eigenvalue weighted by Gasteiger charge is 2.03. The van der Waals surface area contributed by atoms with Crippen LogP contribution in [0.15, 0.2) is 35.5 Å². The van der Waals surface area contributed by atoms with Crippen molar-refractivity contribution >= 4 is 29.1 Å². The van der Waals surface area contributed by atoms with Gasteiger partial charge in [0.2, 0.25) is 0 Å². The lowest BCUT2D eigenvalue weighted by atomic mass is 10.2. The third-order valence-corrected chi connectivity index (χ3v) is 5.48. The molecule has 0 saturated carbocycles. The number of thiazole rings is 1. The van der Waals surface area contributed by atoms with E-state index in [4.69, 9.17) is 0 Å². The molecule has 0 bridgehead atoms. The molecule has 1 heterocycles. The molecule has 2 aromatic rings. The van der Waals surface area contributed by atoms with Gasteiger partial charge < -0.3 is 10.6 Å². The van der Waals surface area contributed by atoms with Crippen LogP contribution in [0.3, 0.4) is 0 Å². The summed E-state index contributed by atoms with van der Waals surface area (Å²) in [5.74, 6) is 2.19. The summed E-state index contributed by atoms with van der Waals surface area (Å²) in [6.45, 7) is 3.58. The predicted molar refractivity (Wildman–Crippen MR) is 102 cm³/mol. The Morgan fingerprint density at radius 2 is 2.17 bits per heavy atom. The van der Waals surface area contributed by atoms with Crippen LogP contribution in [0.25, 0.3) is 0 Å². The highest BCUT2D eigenvalue weighted by atomic mass is 32.2. The average Bonchev–Trinajstić information content (AvgIpc) is 3.07. The zero-order valence-electron chi connectivity index (χ0n) is 14.0. The minimum Gasteiger partial charge on any atom is -0.356 e. The highest BCUT2D eigenvalue weighted by molar-refractivity contribution is 7.98. The molecule has 7 heteroatoms. The van der Waals surface area contributed by atoms with Crippen LogP contribution >= 0.6 is 23.1 Å². The van der Waals surface area contributed by atoms with E-state index in [0.29, 0.717) is 12.3 Å².